The van der Waals surface area contributed by atoms with Gasteiger partial charge in [-0.25, -0.2) is 0 Å². The highest BCUT2D eigenvalue weighted by Gasteiger charge is 2.22. The van der Waals surface area contributed by atoms with Crippen molar-refractivity contribution in [2.45, 2.75) is 38.6 Å². The molecule has 1 aliphatic rings. The van der Waals surface area contributed by atoms with Crippen LogP contribution < -0.4 is 21.3 Å². The second kappa shape index (κ2) is 11.4. The molecule has 0 spiro atoms. The minimum absolute atomic E-state index is 0.159. The van der Waals surface area contributed by atoms with Crippen LogP contribution in [-0.4, -0.2) is 48.5 Å². The summed E-state index contributed by atoms with van der Waals surface area (Å²) in [6, 6.07) is 11.8. The van der Waals surface area contributed by atoms with Gasteiger partial charge >= 0.3 is 5.97 Å². The van der Waals surface area contributed by atoms with Gasteiger partial charge in [0.2, 0.25) is 5.91 Å². The number of hydrogen-bond donors (Lipinski definition) is 5. The number of nitrogens with one attached hydrogen (secondary N) is 4. The molecule has 2 aromatic carbocycles. The van der Waals surface area contributed by atoms with Gasteiger partial charge in [0.1, 0.15) is 0 Å². The Kier molecular flexibility index (Phi) is 8.50. The summed E-state index contributed by atoms with van der Waals surface area (Å²) in [6.45, 7) is 7.33. The van der Waals surface area contributed by atoms with Gasteiger partial charge in [-0.2, -0.15) is 0 Å². The number of aliphatic imine (C=N–C) groups is 1. The highest BCUT2D eigenvalue weighted by Crippen LogP contribution is 2.30. The van der Waals surface area contributed by atoms with Gasteiger partial charge in [-0.15, -0.1) is 0 Å². The number of guanidine groups is 1. The van der Waals surface area contributed by atoms with Crippen LogP contribution in [0.4, 0.5) is 5.69 Å². The Balaban J connectivity index is 1.65. The molecule has 2 aromatic rings. The van der Waals surface area contributed by atoms with Crippen molar-refractivity contribution in [1.29, 1.82) is 0 Å². The number of amides is 2. The van der Waals surface area contributed by atoms with Crippen LogP contribution in [0.2, 0.25) is 0 Å². The number of carboxylic acids is 1. The second-order valence-electron chi connectivity index (χ2n) is 9.29. The highest BCUT2D eigenvalue weighted by atomic mass is 79.9. The van der Waals surface area contributed by atoms with E-state index < -0.39 is 23.8 Å². The zero-order valence-electron chi connectivity index (χ0n) is 19.9. The number of nitrogens with zero attached hydrogens (tertiary/aromatic N) is 1. The largest absolute Gasteiger partial charge is 0.481 e. The third kappa shape index (κ3) is 7.81. The van der Waals surface area contributed by atoms with E-state index in [1.807, 2.05) is 18.2 Å². The van der Waals surface area contributed by atoms with E-state index in [0.29, 0.717) is 29.3 Å². The van der Waals surface area contributed by atoms with Crippen molar-refractivity contribution in [3.05, 3.63) is 63.6 Å². The molecule has 0 saturated carbocycles. The Bertz CT molecular complexity index is 1140. The fourth-order valence-corrected chi connectivity index (χ4v) is 4.05. The van der Waals surface area contributed by atoms with Crippen LogP contribution in [0.15, 0.2) is 51.9 Å². The molecule has 35 heavy (non-hydrogen) atoms. The molecule has 0 aliphatic carbocycles. The third-order valence-electron chi connectivity index (χ3n) is 5.37. The lowest BCUT2D eigenvalue weighted by atomic mass is 9.85. The molecule has 0 radical (unpaired) electrons. The summed E-state index contributed by atoms with van der Waals surface area (Å²) in [4.78, 5) is 41.0. The monoisotopic (exact) mass is 543 g/mol. The van der Waals surface area contributed by atoms with Gasteiger partial charge in [0.15, 0.2) is 5.96 Å². The molecule has 0 saturated heterocycles. The van der Waals surface area contributed by atoms with Crippen LogP contribution >= 0.6 is 15.9 Å². The lowest BCUT2D eigenvalue weighted by molar-refractivity contribution is -0.137. The molecule has 0 bridgehead atoms. The molecule has 0 aromatic heterocycles. The molecule has 186 valence electrons. The predicted octanol–water partition coefficient (Wildman–Crippen LogP) is 3.18. The number of carboxylic acid groups (broad SMARTS) is 1. The van der Waals surface area contributed by atoms with Gasteiger partial charge < -0.3 is 26.4 Å². The molecule has 1 atom stereocenters. The Morgan fingerprint density at radius 3 is 2.60 bits per heavy atom. The fourth-order valence-electron chi connectivity index (χ4n) is 3.54. The molecule has 0 fully saturated rings. The van der Waals surface area contributed by atoms with Crippen LogP contribution in [-0.2, 0) is 15.0 Å². The van der Waals surface area contributed by atoms with E-state index in [1.165, 1.54) is 0 Å². The Hall–Kier alpha value is -3.40. The smallest absolute Gasteiger partial charge is 0.305 e. The summed E-state index contributed by atoms with van der Waals surface area (Å²) < 4.78 is 0.796. The van der Waals surface area contributed by atoms with Crippen LogP contribution in [0.25, 0.3) is 0 Å². The average Bonchev–Trinajstić information content (AvgIpc) is 3.29. The lowest BCUT2D eigenvalue weighted by Crippen LogP contribution is -2.39. The lowest BCUT2D eigenvalue weighted by Gasteiger charge is -2.24. The molecular weight excluding hydrogens is 514 g/mol. The molecular formula is C25H30BrN5O4. The fraction of sp³-hybridized carbons (Fsp3) is 0.360. The first-order chi connectivity index (χ1) is 16.5. The summed E-state index contributed by atoms with van der Waals surface area (Å²) in [5, 5.41) is 20.9. The summed E-state index contributed by atoms with van der Waals surface area (Å²) in [5.41, 5.74) is 2.60. The standard InChI is InChI=1S/C25H30BrN5O4/c1-25(2,3)17-9-16(10-18(26)12-17)20(13-22(33)34)31-21(32)14-29-23(35)15-5-4-6-19(11-15)30-24-27-7-8-28-24/h4-6,9-12,20H,7-8,13-14H2,1-3H3,(H,29,35)(H,31,32)(H,33,34)(H2,27,28,30)/t20-/m0/s1. The molecule has 1 heterocycles. The van der Waals surface area contributed by atoms with Crippen LogP contribution in [0.5, 0.6) is 0 Å². The van der Waals surface area contributed by atoms with E-state index >= 15 is 0 Å². The number of rotatable bonds is 8. The summed E-state index contributed by atoms with van der Waals surface area (Å²) >= 11 is 3.48. The second-order valence-corrected chi connectivity index (χ2v) is 10.2. The number of halogens is 1. The van der Waals surface area contributed by atoms with Crippen molar-refractivity contribution in [3.63, 3.8) is 0 Å². The zero-order valence-corrected chi connectivity index (χ0v) is 21.5. The van der Waals surface area contributed by atoms with Crippen LogP contribution in [0.3, 0.4) is 0 Å². The number of benzene rings is 2. The number of hydrogen-bond acceptors (Lipinski definition) is 6. The van der Waals surface area contributed by atoms with Crippen molar-refractivity contribution in [2.24, 2.45) is 4.99 Å². The van der Waals surface area contributed by atoms with Gasteiger partial charge in [-0.05, 0) is 46.9 Å². The van der Waals surface area contributed by atoms with Gasteiger partial charge in [0.25, 0.3) is 5.91 Å². The maximum absolute atomic E-state index is 12.6. The van der Waals surface area contributed by atoms with Crippen molar-refractivity contribution < 1.29 is 19.5 Å². The molecule has 2 amide bonds. The predicted molar refractivity (Wildman–Crippen MR) is 139 cm³/mol. The number of carbonyl (C=O) groups is 3. The number of anilines is 1. The number of carbonyl (C=O) groups excluding carboxylic acids is 2. The van der Waals surface area contributed by atoms with E-state index in [-0.39, 0.29) is 18.4 Å². The van der Waals surface area contributed by atoms with E-state index in [2.05, 4.69) is 63.0 Å². The highest BCUT2D eigenvalue weighted by molar-refractivity contribution is 9.10. The first-order valence-electron chi connectivity index (χ1n) is 11.3. The van der Waals surface area contributed by atoms with Gasteiger partial charge in [-0.3, -0.25) is 19.4 Å². The summed E-state index contributed by atoms with van der Waals surface area (Å²) in [6.07, 6.45) is -0.286. The van der Waals surface area contributed by atoms with Gasteiger partial charge in [-0.1, -0.05) is 48.8 Å². The molecule has 1 aliphatic heterocycles. The van der Waals surface area contributed by atoms with E-state index in [1.54, 1.807) is 24.3 Å². The Labute approximate surface area is 212 Å². The Morgan fingerprint density at radius 2 is 1.94 bits per heavy atom. The average molecular weight is 544 g/mol. The normalized spacial score (nSPS) is 13.9. The van der Waals surface area contributed by atoms with E-state index in [4.69, 9.17) is 0 Å². The quantitative estimate of drug-likeness (QED) is 0.347. The topological polar surface area (TPSA) is 132 Å². The van der Waals surface area contributed by atoms with Crippen LogP contribution in [0.1, 0.15) is 54.7 Å². The Morgan fingerprint density at radius 1 is 1.17 bits per heavy atom. The maximum Gasteiger partial charge on any atom is 0.305 e. The van der Waals surface area contributed by atoms with Gasteiger partial charge in [0, 0.05) is 22.3 Å². The minimum atomic E-state index is -1.04. The first kappa shape index (κ1) is 26.2. The van der Waals surface area contributed by atoms with Crippen molar-refractivity contribution >= 4 is 45.4 Å². The van der Waals surface area contributed by atoms with E-state index in [9.17, 15) is 19.5 Å². The summed E-state index contributed by atoms with van der Waals surface area (Å²) in [5.74, 6) is -1.30. The van der Waals surface area contributed by atoms with Crippen molar-refractivity contribution in [1.82, 2.24) is 16.0 Å². The third-order valence-corrected chi connectivity index (χ3v) is 5.83. The zero-order chi connectivity index (χ0) is 25.6. The maximum atomic E-state index is 12.6. The van der Waals surface area contributed by atoms with Crippen LogP contribution in [0, 0.1) is 0 Å². The number of aliphatic carboxylic acids is 1. The van der Waals surface area contributed by atoms with Gasteiger partial charge in [0.05, 0.1) is 25.6 Å². The molecule has 3 rings (SSSR count). The molecule has 9 nitrogen and oxygen atoms in total. The molecule has 5 N–H and O–H groups in total. The minimum Gasteiger partial charge on any atom is -0.481 e. The SMILES string of the molecule is CC(C)(C)c1cc(Br)cc([C@H](CC(=O)O)NC(=O)CNC(=O)c2cccc(NC3=NCCN3)c2)c1. The first-order valence-corrected chi connectivity index (χ1v) is 12.1. The molecule has 10 heteroatoms. The van der Waals surface area contributed by atoms with Crippen molar-refractivity contribution in [2.75, 3.05) is 25.0 Å². The summed E-state index contributed by atoms with van der Waals surface area (Å²) in [7, 11) is 0. The molecule has 0 unspecified atom stereocenters. The van der Waals surface area contributed by atoms with Crippen molar-refractivity contribution in [3.8, 4) is 0 Å². The van der Waals surface area contributed by atoms with E-state index in [0.717, 1.165) is 16.6 Å².